The van der Waals surface area contributed by atoms with Crippen LogP contribution in [0.5, 0.6) is 0 Å². The fraction of sp³-hybridized carbons (Fsp3) is 0.625. The molecule has 0 saturated heterocycles. The van der Waals surface area contributed by atoms with E-state index in [0.29, 0.717) is 0 Å². The first-order valence-corrected chi connectivity index (χ1v) is 3.81. The van der Waals surface area contributed by atoms with E-state index in [1.807, 2.05) is 24.6 Å². The van der Waals surface area contributed by atoms with Crippen molar-refractivity contribution < 1.29 is 5.11 Å². The normalized spacial score (nSPS) is 16.4. The van der Waals surface area contributed by atoms with Gasteiger partial charge in [0, 0.05) is 11.9 Å². The summed E-state index contributed by atoms with van der Waals surface area (Å²) in [7, 11) is 0. The highest BCUT2D eigenvalue weighted by atomic mass is 16.3. The second kappa shape index (κ2) is 3.05. The number of aliphatic hydroxyl groups excluding tert-OH is 1. The van der Waals surface area contributed by atoms with Crippen LogP contribution in [0.15, 0.2) is 12.3 Å². The van der Waals surface area contributed by atoms with Crippen molar-refractivity contribution in [2.24, 2.45) is 0 Å². The molecule has 0 amide bonds. The Hall–Kier alpha value is -0.830. The van der Waals surface area contributed by atoms with E-state index in [-0.39, 0.29) is 12.1 Å². The Morgan fingerprint density at radius 2 is 2.18 bits per heavy atom. The second-order valence-electron chi connectivity index (χ2n) is 2.90. The molecule has 0 spiro atoms. The lowest BCUT2D eigenvalue weighted by Gasteiger charge is -2.16. The summed E-state index contributed by atoms with van der Waals surface area (Å²) in [5, 5.41) is 13.3. The smallest absolute Gasteiger partial charge is 0.0750 e. The Labute approximate surface area is 66.7 Å². The minimum Gasteiger partial charge on any atom is -0.391 e. The number of hydrogen-bond donors (Lipinski definition) is 1. The fourth-order valence-electron chi connectivity index (χ4n) is 1.01. The minimum absolute atomic E-state index is 0.0602. The maximum absolute atomic E-state index is 9.26. The molecule has 1 rings (SSSR count). The molecule has 62 valence electrons. The Kier molecular flexibility index (Phi) is 2.29. The van der Waals surface area contributed by atoms with Gasteiger partial charge in [-0.1, -0.05) is 0 Å². The fourth-order valence-corrected chi connectivity index (χ4v) is 1.01. The third-order valence-corrected chi connectivity index (χ3v) is 1.95. The maximum atomic E-state index is 9.26. The molecular weight excluding hydrogens is 140 g/mol. The molecule has 0 aliphatic rings. The highest BCUT2D eigenvalue weighted by molar-refractivity contribution is 4.98. The topological polar surface area (TPSA) is 38.0 Å². The van der Waals surface area contributed by atoms with Crippen molar-refractivity contribution in [3.63, 3.8) is 0 Å². The van der Waals surface area contributed by atoms with Crippen LogP contribution in [0.2, 0.25) is 0 Å². The quantitative estimate of drug-likeness (QED) is 0.693. The van der Waals surface area contributed by atoms with Crippen LogP contribution < -0.4 is 0 Å². The van der Waals surface area contributed by atoms with Crippen LogP contribution in [0, 0.1) is 6.92 Å². The summed E-state index contributed by atoms with van der Waals surface area (Å²) in [6, 6.07) is 1.99. The molecule has 1 aromatic heterocycles. The molecule has 1 N–H and O–H groups in total. The van der Waals surface area contributed by atoms with E-state index in [2.05, 4.69) is 5.10 Å². The summed E-state index contributed by atoms with van der Waals surface area (Å²) in [4.78, 5) is 0. The molecule has 0 bridgehead atoms. The number of hydrogen-bond acceptors (Lipinski definition) is 2. The molecule has 0 aromatic carbocycles. The first kappa shape index (κ1) is 8.27. The Bertz CT molecular complexity index is 230. The van der Waals surface area contributed by atoms with Crippen molar-refractivity contribution in [2.45, 2.75) is 32.9 Å². The summed E-state index contributed by atoms with van der Waals surface area (Å²) >= 11 is 0. The molecule has 0 radical (unpaired) electrons. The van der Waals surface area contributed by atoms with E-state index in [1.165, 1.54) is 0 Å². The predicted molar refractivity (Wildman–Crippen MR) is 43.4 cm³/mol. The van der Waals surface area contributed by atoms with Crippen molar-refractivity contribution in [1.82, 2.24) is 9.78 Å². The van der Waals surface area contributed by atoms with Crippen LogP contribution in [-0.2, 0) is 0 Å². The number of aryl methyl sites for hydroxylation is 1. The standard InChI is InChI=1S/C8H14N2O/c1-6-4-5-9-10(6)7(2)8(3)11/h4-5,7-8,11H,1-3H3. The van der Waals surface area contributed by atoms with Crippen LogP contribution >= 0.6 is 0 Å². The Morgan fingerprint density at radius 1 is 1.55 bits per heavy atom. The maximum Gasteiger partial charge on any atom is 0.0750 e. The van der Waals surface area contributed by atoms with E-state index in [4.69, 9.17) is 0 Å². The van der Waals surface area contributed by atoms with Gasteiger partial charge in [-0.3, -0.25) is 4.68 Å². The average Bonchev–Trinajstić information content (AvgIpc) is 2.33. The summed E-state index contributed by atoms with van der Waals surface area (Å²) < 4.78 is 1.82. The molecule has 0 aliphatic carbocycles. The highest BCUT2D eigenvalue weighted by Crippen LogP contribution is 2.11. The second-order valence-corrected chi connectivity index (χ2v) is 2.90. The van der Waals surface area contributed by atoms with Gasteiger partial charge in [0.15, 0.2) is 0 Å². The number of aromatic nitrogens is 2. The van der Waals surface area contributed by atoms with Gasteiger partial charge in [-0.05, 0) is 26.8 Å². The molecule has 0 aliphatic heterocycles. The van der Waals surface area contributed by atoms with Crippen LogP contribution in [0.4, 0.5) is 0 Å². The summed E-state index contributed by atoms with van der Waals surface area (Å²) in [5.41, 5.74) is 1.08. The first-order valence-electron chi connectivity index (χ1n) is 3.81. The molecule has 1 aromatic rings. The molecule has 3 nitrogen and oxygen atoms in total. The average molecular weight is 154 g/mol. The van der Waals surface area contributed by atoms with Crippen molar-refractivity contribution in [2.75, 3.05) is 0 Å². The zero-order valence-electron chi connectivity index (χ0n) is 7.15. The number of aliphatic hydroxyl groups is 1. The lowest BCUT2D eigenvalue weighted by Crippen LogP contribution is -2.20. The van der Waals surface area contributed by atoms with Crippen LogP contribution in [-0.4, -0.2) is 21.0 Å². The van der Waals surface area contributed by atoms with Gasteiger partial charge in [0.1, 0.15) is 0 Å². The van der Waals surface area contributed by atoms with Crippen LogP contribution in [0.1, 0.15) is 25.6 Å². The molecule has 2 unspecified atom stereocenters. The third-order valence-electron chi connectivity index (χ3n) is 1.95. The first-order chi connectivity index (χ1) is 5.13. The number of rotatable bonds is 2. The summed E-state index contributed by atoms with van der Waals surface area (Å²) in [6.45, 7) is 5.70. The van der Waals surface area contributed by atoms with Gasteiger partial charge in [-0.25, -0.2) is 0 Å². The van der Waals surface area contributed by atoms with Gasteiger partial charge in [0.2, 0.25) is 0 Å². The third kappa shape index (κ3) is 1.60. The molecule has 2 atom stereocenters. The van der Waals surface area contributed by atoms with E-state index in [9.17, 15) is 5.11 Å². The van der Waals surface area contributed by atoms with E-state index < -0.39 is 0 Å². The largest absolute Gasteiger partial charge is 0.391 e. The van der Waals surface area contributed by atoms with E-state index in [0.717, 1.165) is 5.69 Å². The van der Waals surface area contributed by atoms with Crippen LogP contribution in [0.25, 0.3) is 0 Å². The lowest BCUT2D eigenvalue weighted by molar-refractivity contribution is 0.131. The van der Waals surface area contributed by atoms with Crippen molar-refractivity contribution in [3.05, 3.63) is 18.0 Å². The van der Waals surface area contributed by atoms with Gasteiger partial charge in [-0.15, -0.1) is 0 Å². The van der Waals surface area contributed by atoms with Gasteiger partial charge >= 0.3 is 0 Å². The predicted octanol–water partition coefficient (Wildman–Crippen LogP) is 1.13. The van der Waals surface area contributed by atoms with Crippen molar-refractivity contribution in [1.29, 1.82) is 0 Å². The van der Waals surface area contributed by atoms with Crippen molar-refractivity contribution in [3.8, 4) is 0 Å². The molecular formula is C8H14N2O. The van der Waals surface area contributed by atoms with Gasteiger partial charge in [0.05, 0.1) is 12.1 Å². The lowest BCUT2D eigenvalue weighted by atomic mass is 10.2. The SMILES string of the molecule is Cc1ccnn1C(C)C(C)O. The number of nitrogens with zero attached hydrogens (tertiary/aromatic N) is 2. The molecule has 1 heterocycles. The monoisotopic (exact) mass is 154 g/mol. The molecule has 0 saturated carbocycles. The minimum atomic E-state index is -0.353. The highest BCUT2D eigenvalue weighted by Gasteiger charge is 2.12. The van der Waals surface area contributed by atoms with Gasteiger partial charge in [0.25, 0.3) is 0 Å². The van der Waals surface area contributed by atoms with Crippen molar-refractivity contribution >= 4 is 0 Å². The molecule has 3 heteroatoms. The van der Waals surface area contributed by atoms with Gasteiger partial charge in [-0.2, -0.15) is 5.10 Å². The van der Waals surface area contributed by atoms with E-state index in [1.54, 1.807) is 13.1 Å². The molecule has 0 fully saturated rings. The van der Waals surface area contributed by atoms with E-state index >= 15 is 0 Å². The zero-order chi connectivity index (χ0) is 8.43. The van der Waals surface area contributed by atoms with Crippen LogP contribution in [0.3, 0.4) is 0 Å². The van der Waals surface area contributed by atoms with Gasteiger partial charge < -0.3 is 5.11 Å². The Balaban J connectivity index is 2.84. The summed E-state index contributed by atoms with van der Waals surface area (Å²) in [5.74, 6) is 0. The summed E-state index contributed by atoms with van der Waals surface area (Å²) in [6.07, 6.45) is 1.39. The molecule has 11 heavy (non-hydrogen) atoms. The zero-order valence-corrected chi connectivity index (χ0v) is 7.15. The Morgan fingerprint density at radius 3 is 2.55 bits per heavy atom.